The Hall–Kier alpha value is -0.0800. The van der Waals surface area contributed by atoms with Crippen LogP contribution >= 0.6 is 0 Å². The van der Waals surface area contributed by atoms with E-state index in [1.807, 2.05) is 4.90 Å². The van der Waals surface area contributed by atoms with Crippen LogP contribution in [0.15, 0.2) is 5.28 Å². The number of hydrazine groups is 1. The van der Waals surface area contributed by atoms with Crippen molar-refractivity contribution in [2.45, 2.75) is 0 Å². The first-order valence-corrected chi connectivity index (χ1v) is 4.16. The van der Waals surface area contributed by atoms with Crippen LogP contribution < -0.4 is 29.6 Å². The second-order valence-corrected chi connectivity index (χ2v) is 2.85. The third-order valence-corrected chi connectivity index (χ3v) is 2.08. The minimum absolute atomic E-state index is 0. The number of rotatable bonds is 3. The van der Waals surface area contributed by atoms with Gasteiger partial charge in [-0.05, 0) is 5.28 Å². The van der Waals surface area contributed by atoms with Crippen LogP contribution in [-0.4, -0.2) is 59.3 Å². The van der Waals surface area contributed by atoms with Crippen LogP contribution in [-0.2, 0) is 0 Å². The Labute approximate surface area is 104 Å². The van der Waals surface area contributed by atoms with Gasteiger partial charge in [0.15, 0.2) is 0 Å². The molecule has 14 heavy (non-hydrogen) atoms. The molecule has 1 fully saturated rings. The summed E-state index contributed by atoms with van der Waals surface area (Å²) in [6, 6.07) is 0. The van der Waals surface area contributed by atoms with E-state index in [-0.39, 0.29) is 41.1 Å². The smallest absolute Gasteiger partial charge is 0.737 e. The largest absolute Gasteiger partial charge is 1.00 e. The first-order valence-electron chi connectivity index (χ1n) is 4.16. The van der Waals surface area contributed by atoms with Gasteiger partial charge >= 0.3 is 29.6 Å². The van der Waals surface area contributed by atoms with Gasteiger partial charge in [-0.1, -0.05) is 0 Å². The summed E-state index contributed by atoms with van der Waals surface area (Å²) in [6.07, 6.45) is 0. The number of piperazine rings is 1. The molecule has 1 aliphatic heterocycles. The predicted octanol–water partition coefficient (Wildman–Crippen LogP) is -4.02. The van der Waals surface area contributed by atoms with Crippen molar-refractivity contribution >= 4 is 0 Å². The molecule has 0 saturated carbocycles. The van der Waals surface area contributed by atoms with Crippen LogP contribution in [0.5, 0.6) is 0 Å². The van der Waals surface area contributed by atoms with Crippen LogP contribution in [0, 0.1) is 10.4 Å². The van der Waals surface area contributed by atoms with Gasteiger partial charge in [0.2, 0.25) is 0 Å². The van der Waals surface area contributed by atoms with Crippen molar-refractivity contribution in [2.75, 3.05) is 39.3 Å². The van der Waals surface area contributed by atoms with Crippen molar-refractivity contribution in [2.24, 2.45) is 5.28 Å². The zero-order chi connectivity index (χ0) is 9.68. The van der Waals surface area contributed by atoms with Gasteiger partial charge in [-0.3, -0.25) is 4.90 Å². The molecule has 0 amide bonds. The number of aliphatic hydroxyl groups is 1. The maximum atomic E-state index is 10.7. The average Bonchev–Trinajstić information content (AvgIpc) is 2.18. The number of hydrogen-bond acceptors (Lipinski definition) is 5. The molecule has 0 aromatic heterocycles. The number of hydrogen-bond donors (Lipinski definition) is 1. The second-order valence-electron chi connectivity index (χ2n) is 2.85. The fourth-order valence-electron chi connectivity index (χ4n) is 1.33. The first kappa shape index (κ1) is 13.9. The van der Waals surface area contributed by atoms with Crippen molar-refractivity contribution in [3.63, 3.8) is 0 Å². The number of nitrogens with zero attached hydrogens (tertiary/aromatic N) is 4. The van der Waals surface area contributed by atoms with E-state index in [1.165, 1.54) is 5.01 Å². The van der Waals surface area contributed by atoms with Gasteiger partial charge in [0.25, 0.3) is 0 Å². The Morgan fingerprint density at radius 1 is 1.29 bits per heavy atom. The summed E-state index contributed by atoms with van der Waals surface area (Å²) in [5.74, 6) is 0. The Morgan fingerprint density at radius 3 is 2.29 bits per heavy atom. The molecule has 1 saturated heterocycles. The molecule has 1 heterocycles. The summed E-state index contributed by atoms with van der Waals surface area (Å²) in [5.41, 5.74) is 0. The van der Waals surface area contributed by atoms with Gasteiger partial charge in [0.05, 0.1) is 19.7 Å². The monoisotopic (exact) mass is 212 g/mol. The van der Waals surface area contributed by atoms with Crippen LogP contribution in [0.2, 0.25) is 0 Å². The van der Waals surface area contributed by atoms with Crippen molar-refractivity contribution in [1.82, 2.24) is 9.91 Å². The Bertz CT molecular complexity index is 184. The Morgan fingerprint density at radius 2 is 1.86 bits per heavy atom. The molecule has 8 heteroatoms. The molecular weight excluding hydrogens is 199 g/mol. The van der Waals surface area contributed by atoms with Gasteiger partial charge in [-0.25, -0.2) is 0 Å². The van der Waals surface area contributed by atoms with Crippen LogP contribution in [0.25, 0.3) is 0 Å². The predicted molar refractivity (Wildman–Crippen MR) is 44.5 cm³/mol. The molecule has 0 aromatic rings. The third-order valence-electron chi connectivity index (χ3n) is 2.08. The van der Waals surface area contributed by atoms with E-state index in [0.717, 1.165) is 0 Å². The minimum Gasteiger partial charge on any atom is -0.737 e. The molecule has 7 nitrogen and oxygen atoms in total. The van der Waals surface area contributed by atoms with Crippen molar-refractivity contribution in [3.05, 3.63) is 10.4 Å². The van der Waals surface area contributed by atoms with Crippen LogP contribution in [0.4, 0.5) is 0 Å². The molecule has 0 radical (unpaired) electrons. The van der Waals surface area contributed by atoms with Gasteiger partial charge in [-0.15, -0.1) is 5.01 Å². The Kier molecular flexibility index (Phi) is 7.20. The first-order chi connectivity index (χ1) is 6.27. The van der Waals surface area contributed by atoms with Crippen molar-refractivity contribution < 1.29 is 39.6 Å². The fourth-order valence-corrected chi connectivity index (χ4v) is 1.33. The number of β-amino-alcohol motifs (C(OH)–C–C–N with tert-alkyl or cyclic N) is 1. The van der Waals surface area contributed by atoms with Gasteiger partial charge in [0.1, 0.15) is 0 Å². The van der Waals surface area contributed by atoms with E-state index >= 15 is 0 Å². The molecule has 0 atom stereocenters. The van der Waals surface area contributed by atoms with Crippen LogP contribution in [0.3, 0.4) is 0 Å². The standard InChI is InChI=1S/C6H14N4O3.Na/c11-6-5-8-1-3-9(4-2-8)10(13)7-12;/h11-12H,1-6H2;/q;+1/p-1/b10-7-;. The molecule has 0 aromatic carbocycles. The van der Waals surface area contributed by atoms with Crippen molar-refractivity contribution in [3.8, 4) is 0 Å². The topological polar surface area (TPSA) is 88.2 Å². The molecule has 1 aliphatic rings. The van der Waals surface area contributed by atoms with E-state index in [9.17, 15) is 10.4 Å². The van der Waals surface area contributed by atoms with E-state index in [2.05, 4.69) is 5.28 Å². The minimum atomic E-state index is 0. The normalized spacial score (nSPS) is 19.2. The molecule has 0 bridgehead atoms. The molecule has 1 N–H and O–H groups in total. The second kappa shape index (κ2) is 7.24. The quantitative estimate of drug-likeness (QED) is 0.223. The summed E-state index contributed by atoms with van der Waals surface area (Å²) in [7, 11) is 0. The fraction of sp³-hybridized carbons (Fsp3) is 1.00. The molecule has 0 aliphatic carbocycles. The van der Waals surface area contributed by atoms with Gasteiger partial charge in [-0.2, -0.15) is 0 Å². The molecule has 0 spiro atoms. The summed E-state index contributed by atoms with van der Waals surface area (Å²) in [6.45, 7) is 3.04. The molecule has 0 unspecified atom stereocenters. The summed E-state index contributed by atoms with van der Waals surface area (Å²) in [5, 5.41) is 32.9. The summed E-state index contributed by atoms with van der Waals surface area (Å²) < 4.78 is 0. The SMILES string of the molecule is [Na+].[O-]/N=[N+](\[O-])N1CCN(CCO)CC1. The van der Waals surface area contributed by atoms with E-state index < -0.39 is 0 Å². The molecule has 76 valence electrons. The van der Waals surface area contributed by atoms with Gasteiger partial charge < -0.3 is 15.5 Å². The van der Waals surface area contributed by atoms with Crippen molar-refractivity contribution in [1.29, 1.82) is 0 Å². The van der Waals surface area contributed by atoms with Gasteiger partial charge in [0, 0.05) is 24.6 Å². The number of aliphatic hydroxyl groups excluding tert-OH is 1. The molecular formula is C6H13N4NaO3. The van der Waals surface area contributed by atoms with E-state index in [0.29, 0.717) is 32.7 Å². The van der Waals surface area contributed by atoms with E-state index in [4.69, 9.17) is 5.11 Å². The van der Waals surface area contributed by atoms with E-state index in [1.54, 1.807) is 0 Å². The maximum absolute atomic E-state index is 10.7. The average molecular weight is 212 g/mol. The summed E-state index contributed by atoms with van der Waals surface area (Å²) in [4.78, 5) is 2.10. The summed E-state index contributed by atoms with van der Waals surface area (Å²) >= 11 is 0. The molecule has 1 rings (SSSR count). The van der Waals surface area contributed by atoms with Crippen LogP contribution in [0.1, 0.15) is 0 Å². The third kappa shape index (κ3) is 3.97. The Balaban J connectivity index is 0.00000169. The zero-order valence-electron chi connectivity index (χ0n) is 8.30. The zero-order valence-corrected chi connectivity index (χ0v) is 10.3. The maximum Gasteiger partial charge on any atom is 1.00 e.